The van der Waals surface area contributed by atoms with Crippen LogP contribution in [0.5, 0.6) is 0 Å². The van der Waals surface area contributed by atoms with Crippen molar-refractivity contribution >= 4 is 10.9 Å². The summed E-state index contributed by atoms with van der Waals surface area (Å²) in [5.41, 5.74) is 5.11. The molecule has 1 unspecified atom stereocenters. The molecule has 7 nitrogen and oxygen atoms in total. The molecule has 37 heavy (non-hydrogen) atoms. The number of nitrogens with one attached hydrogen (secondary N) is 1. The fourth-order valence-corrected chi connectivity index (χ4v) is 4.89. The molecule has 5 aromatic rings. The molecule has 2 heterocycles. The minimum Gasteiger partial charge on any atom is -0.322 e. The predicted molar refractivity (Wildman–Crippen MR) is 146 cm³/mol. The molecule has 188 valence electrons. The highest BCUT2D eigenvalue weighted by Gasteiger charge is 2.26. The highest BCUT2D eigenvalue weighted by molar-refractivity contribution is 5.79. The van der Waals surface area contributed by atoms with E-state index in [0.717, 1.165) is 52.8 Å². The van der Waals surface area contributed by atoms with Gasteiger partial charge in [0.25, 0.3) is 5.56 Å². The van der Waals surface area contributed by atoms with E-state index in [1.165, 1.54) is 5.56 Å². The van der Waals surface area contributed by atoms with E-state index in [1.54, 1.807) is 0 Å². The molecular weight excluding hydrogens is 460 g/mol. The number of rotatable bonds is 10. The fraction of sp³-hybridized carbons (Fsp3) is 0.267. The van der Waals surface area contributed by atoms with Crippen LogP contribution >= 0.6 is 0 Å². The normalized spacial score (nSPS) is 12.3. The van der Waals surface area contributed by atoms with Crippen molar-refractivity contribution in [1.82, 2.24) is 30.1 Å². The molecule has 1 atom stereocenters. The van der Waals surface area contributed by atoms with Crippen molar-refractivity contribution in [3.63, 3.8) is 0 Å². The summed E-state index contributed by atoms with van der Waals surface area (Å²) in [4.78, 5) is 18.5. The lowest BCUT2D eigenvalue weighted by molar-refractivity contribution is 0.172. The van der Waals surface area contributed by atoms with Gasteiger partial charge in [-0.25, -0.2) is 4.68 Å². The maximum Gasteiger partial charge on any atom is 0.252 e. The van der Waals surface area contributed by atoms with E-state index >= 15 is 0 Å². The number of aromatic amines is 1. The summed E-state index contributed by atoms with van der Waals surface area (Å²) >= 11 is 0. The van der Waals surface area contributed by atoms with Gasteiger partial charge in [0.2, 0.25) is 0 Å². The van der Waals surface area contributed by atoms with Crippen LogP contribution in [0.2, 0.25) is 0 Å². The lowest BCUT2D eigenvalue weighted by atomic mass is 10.1. The first-order chi connectivity index (χ1) is 18.1. The number of aromatic nitrogens is 5. The van der Waals surface area contributed by atoms with E-state index in [-0.39, 0.29) is 11.6 Å². The van der Waals surface area contributed by atoms with Crippen LogP contribution in [0.1, 0.15) is 47.5 Å². The lowest BCUT2D eigenvalue weighted by Crippen LogP contribution is -2.34. The third-order valence-corrected chi connectivity index (χ3v) is 6.84. The average Bonchev–Trinajstić information content (AvgIpc) is 3.37. The van der Waals surface area contributed by atoms with Crippen molar-refractivity contribution in [3.05, 3.63) is 123 Å². The van der Waals surface area contributed by atoms with Gasteiger partial charge in [-0.2, -0.15) is 0 Å². The molecule has 1 N–H and O–H groups in total. The van der Waals surface area contributed by atoms with Crippen LogP contribution in [0.25, 0.3) is 10.9 Å². The van der Waals surface area contributed by atoms with Gasteiger partial charge in [-0.15, -0.1) is 5.10 Å². The van der Waals surface area contributed by atoms with Crippen molar-refractivity contribution in [1.29, 1.82) is 0 Å². The zero-order valence-electron chi connectivity index (χ0n) is 21.3. The molecule has 0 aliphatic rings. The Hall–Kier alpha value is -4.10. The first-order valence-corrected chi connectivity index (χ1v) is 12.8. The Bertz CT molecular complexity index is 1510. The van der Waals surface area contributed by atoms with Gasteiger partial charge in [-0.1, -0.05) is 79.2 Å². The SMILES string of the molecule is CCC(c1nnnn1Cc1ccccc1)N(CCc1ccccc1)Cc1cc2cc(C)ccc2[nH]c1=O. The van der Waals surface area contributed by atoms with E-state index in [2.05, 4.69) is 81.7 Å². The van der Waals surface area contributed by atoms with Gasteiger partial charge in [0.1, 0.15) is 0 Å². The van der Waals surface area contributed by atoms with Crippen LogP contribution in [-0.2, 0) is 19.5 Å². The van der Waals surface area contributed by atoms with Gasteiger partial charge in [-0.3, -0.25) is 9.69 Å². The van der Waals surface area contributed by atoms with Gasteiger partial charge < -0.3 is 4.98 Å². The second-order valence-corrected chi connectivity index (χ2v) is 9.52. The Kier molecular flexibility index (Phi) is 7.51. The van der Waals surface area contributed by atoms with Gasteiger partial charge in [-0.05, 0) is 64.9 Å². The number of hydrogen-bond donors (Lipinski definition) is 1. The Morgan fingerprint density at radius 2 is 1.68 bits per heavy atom. The molecule has 2 aromatic heterocycles. The Morgan fingerprint density at radius 1 is 0.946 bits per heavy atom. The van der Waals surface area contributed by atoms with Gasteiger partial charge in [0.05, 0.1) is 12.6 Å². The second-order valence-electron chi connectivity index (χ2n) is 9.52. The number of H-pyrrole nitrogens is 1. The molecule has 0 aliphatic carbocycles. The second kappa shape index (κ2) is 11.3. The summed E-state index contributed by atoms with van der Waals surface area (Å²) in [7, 11) is 0. The van der Waals surface area contributed by atoms with Crippen molar-refractivity contribution in [2.45, 2.75) is 45.8 Å². The Labute approximate surface area is 216 Å². The number of hydrogen-bond acceptors (Lipinski definition) is 5. The lowest BCUT2D eigenvalue weighted by Gasteiger charge is -2.30. The molecular formula is C30H32N6O. The molecule has 0 amide bonds. The molecule has 0 bridgehead atoms. The summed E-state index contributed by atoms with van der Waals surface area (Å²) in [6.45, 7) is 6.09. The van der Waals surface area contributed by atoms with Crippen molar-refractivity contribution in [3.8, 4) is 0 Å². The Morgan fingerprint density at radius 3 is 2.41 bits per heavy atom. The zero-order valence-corrected chi connectivity index (χ0v) is 21.3. The van der Waals surface area contributed by atoms with E-state index in [4.69, 9.17) is 0 Å². The van der Waals surface area contributed by atoms with Gasteiger partial charge in [0, 0.05) is 24.2 Å². The molecule has 7 heteroatoms. The third kappa shape index (κ3) is 5.84. The number of pyridine rings is 1. The van der Waals surface area contributed by atoms with Crippen LogP contribution in [-0.4, -0.2) is 36.6 Å². The summed E-state index contributed by atoms with van der Waals surface area (Å²) in [6.07, 6.45) is 1.68. The van der Waals surface area contributed by atoms with E-state index < -0.39 is 0 Å². The highest BCUT2D eigenvalue weighted by atomic mass is 16.1. The largest absolute Gasteiger partial charge is 0.322 e. The van der Waals surface area contributed by atoms with E-state index in [0.29, 0.717) is 13.1 Å². The molecule has 3 aromatic carbocycles. The standard InChI is InChI=1S/C30H32N6O/c1-3-28(29-32-33-34-36(29)20-24-12-8-5-9-13-24)35(17-16-23-10-6-4-7-11-23)21-26-19-25-18-22(2)14-15-27(25)31-30(26)37/h4-15,18-19,28H,3,16-17,20-21H2,1-2H3,(H,31,37). The van der Waals surface area contributed by atoms with Gasteiger partial charge in [0.15, 0.2) is 5.82 Å². The molecule has 0 aliphatic heterocycles. The number of fused-ring (bicyclic) bond motifs is 1. The molecule has 0 saturated heterocycles. The molecule has 5 rings (SSSR count). The van der Waals surface area contributed by atoms with Crippen LogP contribution in [0.15, 0.2) is 89.7 Å². The average molecular weight is 493 g/mol. The zero-order chi connectivity index (χ0) is 25.6. The Balaban J connectivity index is 1.48. The monoisotopic (exact) mass is 492 g/mol. The third-order valence-electron chi connectivity index (χ3n) is 6.84. The maximum atomic E-state index is 13.1. The number of benzene rings is 3. The number of tetrazole rings is 1. The molecule has 0 radical (unpaired) electrons. The fourth-order valence-electron chi connectivity index (χ4n) is 4.89. The topological polar surface area (TPSA) is 79.7 Å². The van der Waals surface area contributed by atoms with E-state index in [1.807, 2.05) is 47.1 Å². The van der Waals surface area contributed by atoms with Crippen LogP contribution in [0.3, 0.4) is 0 Å². The van der Waals surface area contributed by atoms with E-state index in [9.17, 15) is 4.79 Å². The maximum absolute atomic E-state index is 13.1. The summed E-state index contributed by atoms with van der Waals surface area (Å²) < 4.78 is 1.88. The quantitative estimate of drug-likeness (QED) is 0.295. The van der Waals surface area contributed by atoms with Crippen molar-refractivity contribution < 1.29 is 0 Å². The minimum atomic E-state index is -0.0557. The smallest absolute Gasteiger partial charge is 0.252 e. The first-order valence-electron chi connectivity index (χ1n) is 12.8. The van der Waals surface area contributed by atoms with Crippen LogP contribution < -0.4 is 5.56 Å². The summed E-state index contributed by atoms with van der Waals surface area (Å²) in [6, 6.07) is 28.7. The molecule has 0 spiro atoms. The summed E-state index contributed by atoms with van der Waals surface area (Å²) in [5.74, 6) is 0.812. The summed E-state index contributed by atoms with van der Waals surface area (Å²) in [5, 5.41) is 13.8. The van der Waals surface area contributed by atoms with Crippen molar-refractivity contribution in [2.24, 2.45) is 0 Å². The minimum absolute atomic E-state index is 0.0463. The molecule has 0 saturated carbocycles. The predicted octanol–water partition coefficient (Wildman–Crippen LogP) is 5.07. The van der Waals surface area contributed by atoms with Crippen LogP contribution in [0.4, 0.5) is 0 Å². The highest BCUT2D eigenvalue weighted by Crippen LogP contribution is 2.25. The number of aryl methyl sites for hydroxylation is 1. The first kappa shape index (κ1) is 24.6. The molecule has 0 fully saturated rings. The van der Waals surface area contributed by atoms with Crippen LogP contribution in [0, 0.1) is 6.92 Å². The number of nitrogens with zero attached hydrogens (tertiary/aromatic N) is 5. The van der Waals surface area contributed by atoms with Gasteiger partial charge >= 0.3 is 0 Å². The van der Waals surface area contributed by atoms with Crippen molar-refractivity contribution in [2.75, 3.05) is 6.54 Å².